The standard InChI is InChI=1S/C21H24ClNO6/c1-4-5-10-28-18-8-6-14(11-19(18)27-3)21(25)29-13-20(24)23-16-12-15(22)7-9-17(16)26-2/h6-9,11-12H,4-5,10,13H2,1-3H3,(H,23,24). The molecule has 0 spiro atoms. The highest BCUT2D eigenvalue weighted by Gasteiger charge is 2.15. The van der Waals surface area contributed by atoms with Crippen LogP contribution in [0.1, 0.15) is 30.1 Å². The molecule has 0 fully saturated rings. The van der Waals surface area contributed by atoms with E-state index in [2.05, 4.69) is 12.2 Å². The van der Waals surface area contributed by atoms with E-state index in [0.717, 1.165) is 12.8 Å². The van der Waals surface area contributed by atoms with Crippen LogP contribution in [-0.4, -0.2) is 39.3 Å². The predicted molar refractivity (Wildman–Crippen MR) is 110 cm³/mol. The number of benzene rings is 2. The summed E-state index contributed by atoms with van der Waals surface area (Å²) in [4.78, 5) is 24.4. The molecule has 8 heteroatoms. The molecule has 0 bridgehead atoms. The third-order valence-corrected chi connectivity index (χ3v) is 4.16. The first-order chi connectivity index (χ1) is 14.0. The van der Waals surface area contributed by atoms with E-state index in [0.29, 0.717) is 34.6 Å². The maximum atomic E-state index is 12.3. The average molecular weight is 422 g/mol. The van der Waals surface area contributed by atoms with Gasteiger partial charge in [0.25, 0.3) is 5.91 Å². The minimum absolute atomic E-state index is 0.248. The maximum absolute atomic E-state index is 12.3. The van der Waals surface area contributed by atoms with Gasteiger partial charge in [0.15, 0.2) is 18.1 Å². The smallest absolute Gasteiger partial charge is 0.338 e. The fraction of sp³-hybridized carbons (Fsp3) is 0.333. The van der Waals surface area contributed by atoms with Gasteiger partial charge in [0.1, 0.15) is 5.75 Å². The average Bonchev–Trinajstić information content (AvgIpc) is 2.72. The molecule has 7 nitrogen and oxygen atoms in total. The molecule has 29 heavy (non-hydrogen) atoms. The van der Waals surface area contributed by atoms with Crippen molar-refractivity contribution < 1.29 is 28.5 Å². The largest absolute Gasteiger partial charge is 0.495 e. The number of halogens is 1. The SMILES string of the molecule is CCCCOc1ccc(C(=O)OCC(=O)Nc2cc(Cl)ccc2OC)cc1OC. The van der Waals surface area contributed by atoms with Crippen LogP contribution >= 0.6 is 11.6 Å². The first kappa shape index (κ1) is 22.4. The van der Waals surface area contributed by atoms with Crippen LogP contribution in [-0.2, 0) is 9.53 Å². The zero-order valence-corrected chi connectivity index (χ0v) is 17.4. The number of anilines is 1. The Morgan fingerprint density at radius 2 is 1.72 bits per heavy atom. The van der Waals surface area contributed by atoms with E-state index in [1.54, 1.807) is 30.3 Å². The number of hydrogen-bond acceptors (Lipinski definition) is 6. The summed E-state index contributed by atoms with van der Waals surface area (Å²) in [7, 11) is 2.96. The number of unbranched alkanes of at least 4 members (excludes halogenated alkanes) is 1. The van der Waals surface area contributed by atoms with Gasteiger partial charge < -0.3 is 24.3 Å². The topological polar surface area (TPSA) is 83.1 Å². The molecule has 2 rings (SSSR count). The molecule has 0 saturated heterocycles. The van der Waals surface area contributed by atoms with Crippen molar-refractivity contribution in [2.75, 3.05) is 32.8 Å². The molecular weight excluding hydrogens is 398 g/mol. The minimum atomic E-state index is -0.656. The van der Waals surface area contributed by atoms with Gasteiger partial charge in [0.05, 0.1) is 32.1 Å². The van der Waals surface area contributed by atoms with Gasteiger partial charge in [-0.15, -0.1) is 0 Å². The summed E-state index contributed by atoms with van der Waals surface area (Å²) in [6.45, 7) is 2.16. The van der Waals surface area contributed by atoms with Gasteiger partial charge in [-0.1, -0.05) is 24.9 Å². The van der Waals surface area contributed by atoms with E-state index in [-0.39, 0.29) is 5.56 Å². The highest BCUT2D eigenvalue weighted by atomic mass is 35.5. The van der Waals surface area contributed by atoms with Gasteiger partial charge in [-0.2, -0.15) is 0 Å². The van der Waals surface area contributed by atoms with E-state index in [4.69, 9.17) is 30.5 Å². The molecule has 0 saturated carbocycles. The first-order valence-corrected chi connectivity index (χ1v) is 9.47. The third-order valence-electron chi connectivity index (χ3n) is 3.92. The van der Waals surface area contributed by atoms with Gasteiger partial charge in [-0.3, -0.25) is 4.79 Å². The summed E-state index contributed by atoms with van der Waals surface area (Å²) in [5, 5.41) is 3.04. The second-order valence-corrected chi connectivity index (χ2v) is 6.47. The number of hydrogen-bond donors (Lipinski definition) is 1. The van der Waals surface area contributed by atoms with Crippen molar-refractivity contribution in [2.45, 2.75) is 19.8 Å². The van der Waals surface area contributed by atoms with Crippen molar-refractivity contribution in [3.05, 3.63) is 47.0 Å². The normalized spacial score (nSPS) is 10.2. The molecule has 2 aromatic carbocycles. The van der Waals surface area contributed by atoms with Crippen LogP contribution in [0.15, 0.2) is 36.4 Å². The van der Waals surface area contributed by atoms with E-state index in [1.807, 2.05) is 0 Å². The zero-order chi connectivity index (χ0) is 21.2. The molecule has 2 aromatic rings. The molecule has 1 amide bonds. The molecule has 0 atom stereocenters. The fourth-order valence-electron chi connectivity index (χ4n) is 2.42. The van der Waals surface area contributed by atoms with Crippen molar-refractivity contribution in [3.63, 3.8) is 0 Å². The summed E-state index contributed by atoms with van der Waals surface area (Å²) >= 11 is 5.93. The summed E-state index contributed by atoms with van der Waals surface area (Å²) < 4.78 is 21.1. The van der Waals surface area contributed by atoms with Crippen molar-refractivity contribution in [3.8, 4) is 17.2 Å². The fourth-order valence-corrected chi connectivity index (χ4v) is 2.59. The minimum Gasteiger partial charge on any atom is -0.495 e. The Labute approximate surface area is 174 Å². The summed E-state index contributed by atoms with van der Waals surface area (Å²) in [5.74, 6) is 0.228. The van der Waals surface area contributed by atoms with Crippen LogP contribution in [0.2, 0.25) is 5.02 Å². The van der Waals surface area contributed by atoms with Crippen LogP contribution in [0, 0.1) is 0 Å². The van der Waals surface area contributed by atoms with Crippen molar-refractivity contribution in [1.82, 2.24) is 0 Å². The molecule has 0 heterocycles. The monoisotopic (exact) mass is 421 g/mol. The lowest BCUT2D eigenvalue weighted by atomic mass is 10.2. The molecular formula is C21H24ClNO6. The second kappa shape index (κ2) is 11.2. The lowest BCUT2D eigenvalue weighted by molar-refractivity contribution is -0.119. The number of methoxy groups -OCH3 is 2. The third kappa shape index (κ3) is 6.57. The summed E-state index contributed by atoms with van der Waals surface area (Å²) in [6, 6.07) is 9.52. The highest BCUT2D eigenvalue weighted by Crippen LogP contribution is 2.29. The number of ether oxygens (including phenoxy) is 4. The van der Waals surface area contributed by atoms with Crippen molar-refractivity contribution >= 4 is 29.2 Å². The van der Waals surface area contributed by atoms with Crippen molar-refractivity contribution in [1.29, 1.82) is 0 Å². The molecule has 0 aromatic heterocycles. The second-order valence-electron chi connectivity index (χ2n) is 6.04. The number of esters is 1. The molecule has 0 unspecified atom stereocenters. The van der Waals surface area contributed by atoms with E-state index in [1.165, 1.54) is 20.3 Å². The number of carbonyl (C=O) groups excluding carboxylic acids is 2. The molecule has 0 aliphatic heterocycles. The van der Waals surface area contributed by atoms with Gasteiger partial charge in [0, 0.05) is 5.02 Å². The maximum Gasteiger partial charge on any atom is 0.338 e. The molecule has 0 aliphatic carbocycles. The van der Waals surface area contributed by atoms with E-state index < -0.39 is 18.5 Å². The molecule has 156 valence electrons. The first-order valence-electron chi connectivity index (χ1n) is 9.09. The molecule has 1 N–H and O–H groups in total. The van der Waals surface area contributed by atoms with Crippen LogP contribution in [0.25, 0.3) is 0 Å². The zero-order valence-electron chi connectivity index (χ0n) is 16.6. The highest BCUT2D eigenvalue weighted by molar-refractivity contribution is 6.31. The lowest BCUT2D eigenvalue weighted by Gasteiger charge is -2.12. The quantitative estimate of drug-likeness (QED) is 0.454. The summed E-state index contributed by atoms with van der Waals surface area (Å²) in [6.07, 6.45) is 1.93. The Balaban J connectivity index is 1.96. The van der Waals surface area contributed by atoms with Crippen molar-refractivity contribution in [2.24, 2.45) is 0 Å². The van der Waals surface area contributed by atoms with Gasteiger partial charge >= 0.3 is 5.97 Å². The number of nitrogens with one attached hydrogen (secondary N) is 1. The Kier molecular flexibility index (Phi) is 8.61. The van der Waals surface area contributed by atoms with Gasteiger partial charge in [-0.05, 0) is 42.8 Å². The lowest BCUT2D eigenvalue weighted by Crippen LogP contribution is -2.21. The van der Waals surface area contributed by atoms with Crippen LogP contribution in [0.3, 0.4) is 0 Å². The predicted octanol–water partition coefficient (Wildman–Crippen LogP) is 4.33. The molecule has 0 aliphatic rings. The van der Waals surface area contributed by atoms with Gasteiger partial charge in [-0.25, -0.2) is 4.79 Å². The Morgan fingerprint density at radius 3 is 2.41 bits per heavy atom. The Bertz CT molecular complexity index is 855. The van der Waals surface area contributed by atoms with E-state index >= 15 is 0 Å². The summed E-state index contributed by atoms with van der Waals surface area (Å²) in [5.41, 5.74) is 0.633. The van der Waals surface area contributed by atoms with Crippen LogP contribution < -0.4 is 19.5 Å². The molecule has 0 radical (unpaired) electrons. The number of amides is 1. The van der Waals surface area contributed by atoms with Crippen LogP contribution in [0.4, 0.5) is 5.69 Å². The number of carbonyl (C=O) groups is 2. The Hall–Kier alpha value is -2.93. The van der Waals surface area contributed by atoms with E-state index in [9.17, 15) is 9.59 Å². The Morgan fingerprint density at radius 1 is 1.00 bits per heavy atom. The van der Waals surface area contributed by atoms with Gasteiger partial charge in [0.2, 0.25) is 0 Å². The number of rotatable bonds is 10. The van der Waals surface area contributed by atoms with Crippen LogP contribution in [0.5, 0.6) is 17.2 Å².